The Morgan fingerprint density at radius 1 is 1.36 bits per heavy atom. The normalized spacial score (nSPS) is 20.9. The number of rotatable bonds is 3. The van der Waals surface area contributed by atoms with E-state index < -0.39 is 10.1 Å². The highest BCUT2D eigenvalue weighted by Gasteiger charge is 2.19. The average molecular weight is 219 g/mol. The van der Waals surface area contributed by atoms with Gasteiger partial charge in [0.15, 0.2) is 5.03 Å². The lowest BCUT2D eigenvalue weighted by Crippen LogP contribution is -2.33. The molecule has 0 unspecified atom stereocenters. The Hall–Kier alpha value is -0.550. The van der Waals surface area contributed by atoms with Crippen LogP contribution in [0, 0.1) is 0 Å². The minimum atomic E-state index is -4.06. The predicted octanol–water partition coefficient (Wildman–Crippen LogP) is 1.66. The Morgan fingerprint density at radius 2 is 1.93 bits per heavy atom. The van der Waals surface area contributed by atoms with Crippen LogP contribution in [-0.2, 0) is 10.1 Å². The van der Waals surface area contributed by atoms with E-state index >= 15 is 0 Å². The lowest BCUT2D eigenvalue weighted by Gasteiger charge is -2.24. The molecule has 1 aliphatic rings. The SMILES string of the molecule is CC=C(NC1CCCCC1)S(=O)(=O)O. The molecule has 0 bridgehead atoms. The van der Waals surface area contributed by atoms with Gasteiger partial charge in [-0.1, -0.05) is 25.3 Å². The fourth-order valence-corrected chi connectivity index (χ4v) is 2.37. The van der Waals surface area contributed by atoms with E-state index in [9.17, 15) is 8.42 Å². The van der Waals surface area contributed by atoms with Gasteiger partial charge in [-0.15, -0.1) is 0 Å². The second-order valence-electron chi connectivity index (χ2n) is 3.61. The molecule has 0 aliphatic heterocycles. The van der Waals surface area contributed by atoms with E-state index in [2.05, 4.69) is 5.32 Å². The molecular weight excluding hydrogens is 202 g/mol. The van der Waals surface area contributed by atoms with E-state index in [1.807, 2.05) is 0 Å². The molecule has 1 fully saturated rings. The first kappa shape index (κ1) is 11.5. The molecule has 14 heavy (non-hydrogen) atoms. The van der Waals surface area contributed by atoms with Crippen molar-refractivity contribution in [2.45, 2.75) is 45.1 Å². The highest BCUT2D eigenvalue weighted by Crippen LogP contribution is 2.19. The van der Waals surface area contributed by atoms with Crippen molar-refractivity contribution in [3.8, 4) is 0 Å². The van der Waals surface area contributed by atoms with Crippen LogP contribution in [0.2, 0.25) is 0 Å². The van der Waals surface area contributed by atoms with Crippen LogP contribution >= 0.6 is 0 Å². The van der Waals surface area contributed by atoms with Gasteiger partial charge in [0, 0.05) is 6.04 Å². The number of allylic oxidation sites excluding steroid dienone is 1. The summed E-state index contributed by atoms with van der Waals surface area (Å²) in [6, 6.07) is 0.192. The van der Waals surface area contributed by atoms with Gasteiger partial charge in [-0.2, -0.15) is 8.42 Å². The summed E-state index contributed by atoms with van der Waals surface area (Å²) >= 11 is 0. The van der Waals surface area contributed by atoms with Gasteiger partial charge in [-0.05, 0) is 19.8 Å². The van der Waals surface area contributed by atoms with E-state index in [1.54, 1.807) is 6.92 Å². The molecule has 0 saturated heterocycles. The summed E-state index contributed by atoms with van der Waals surface area (Å²) in [5.74, 6) is 0. The Labute approximate surface area is 85.1 Å². The molecule has 1 saturated carbocycles. The van der Waals surface area contributed by atoms with Crippen LogP contribution in [-0.4, -0.2) is 19.0 Å². The van der Waals surface area contributed by atoms with E-state index in [1.165, 1.54) is 12.5 Å². The van der Waals surface area contributed by atoms with E-state index in [4.69, 9.17) is 4.55 Å². The zero-order valence-electron chi connectivity index (χ0n) is 8.36. The highest BCUT2D eigenvalue weighted by molar-refractivity contribution is 7.89. The Bertz CT molecular complexity index is 302. The summed E-state index contributed by atoms with van der Waals surface area (Å²) in [6.45, 7) is 1.60. The first-order chi connectivity index (χ1) is 6.54. The van der Waals surface area contributed by atoms with Gasteiger partial charge < -0.3 is 5.32 Å². The third kappa shape index (κ3) is 3.31. The molecule has 2 N–H and O–H groups in total. The molecule has 0 aromatic heterocycles. The van der Waals surface area contributed by atoms with Crippen LogP contribution in [0.15, 0.2) is 11.1 Å². The van der Waals surface area contributed by atoms with Crippen molar-refractivity contribution in [2.24, 2.45) is 0 Å². The van der Waals surface area contributed by atoms with E-state index in [-0.39, 0.29) is 11.1 Å². The monoisotopic (exact) mass is 219 g/mol. The van der Waals surface area contributed by atoms with Gasteiger partial charge in [-0.3, -0.25) is 4.55 Å². The maximum atomic E-state index is 10.9. The Kier molecular flexibility index (Phi) is 3.95. The number of nitrogens with one attached hydrogen (secondary N) is 1. The van der Waals surface area contributed by atoms with Gasteiger partial charge in [0.1, 0.15) is 0 Å². The Balaban J connectivity index is 2.57. The summed E-state index contributed by atoms with van der Waals surface area (Å²) in [7, 11) is -4.06. The van der Waals surface area contributed by atoms with E-state index in [0.717, 1.165) is 25.7 Å². The van der Waals surface area contributed by atoms with Crippen molar-refractivity contribution in [3.63, 3.8) is 0 Å². The fourth-order valence-electron chi connectivity index (χ4n) is 1.75. The molecule has 0 radical (unpaired) electrons. The lowest BCUT2D eigenvalue weighted by atomic mass is 9.96. The lowest BCUT2D eigenvalue weighted by molar-refractivity contribution is 0.396. The first-order valence-corrected chi connectivity index (χ1v) is 6.38. The van der Waals surface area contributed by atoms with Crippen LogP contribution < -0.4 is 5.32 Å². The number of hydrogen-bond acceptors (Lipinski definition) is 3. The van der Waals surface area contributed by atoms with Gasteiger partial charge >= 0.3 is 10.1 Å². The standard InChI is InChI=1S/C9H17NO3S/c1-2-9(14(11,12)13)10-8-6-4-3-5-7-8/h2,8,10H,3-7H2,1H3,(H,11,12,13). The van der Waals surface area contributed by atoms with Crippen molar-refractivity contribution in [2.75, 3.05) is 0 Å². The van der Waals surface area contributed by atoms with Crippen LogP contribution in [0.4, 0.5) is 0 Å². The molecule has 4 nitrogen and oxygen atoms in total. The largest absolute Gasteiger partial charge is 0.371 e. The summed E-state index contributed by atoms with van der Waals surface area (Å²) < 4.78 is 30.6. The van der Waals surface area contributed by atoms with Gasteiger partial charge in [-0.25, -0.2) is 0 Å². The third-order valence-electron chi connectivity index (χ3n) is 2.49. The van der Waals surface area contributed by atoms with Crippen LogP contribution in [0.1, 0.15) is 39.0 Å². The Morgan fingerprint density at radius 3 is 2.36 bits per heavy atom. The molecule has 82 valence electrons. The van der Waals surface area contributed by atoms with Crippen molar-refractivity contribution >= 4 is 10.1 Å². The van der Waals surface area contributed by atoms with Gasteiger partial charge in [0.05, 0.1) is 0 Å². The number of hydrogen-bond donors (Lipinski definition) is 2. The highest BCUT2D eigenvalue weighted by atomic mass is 32.2. The van der Waals surface area contributed by atoms with Crippen LogP contribution in [0.3, 0.4) is 0 Å². The minimum absolute atomic E-state index is 0.0654. The molecule has 0 heterocycles. The quantitative estimate of drug-likeness (QED) is 0.708. The molecular formula is C9H17NO3S. The van der Waals surface area contributed by atoms with Crippen molar-refractivity contribution < 1.29 is 13.0 Å². The smallest absolute Gasteiger partial charge is 0.309 e. The zero-order chi connectivity index (χ0) is 10.6. The molecule has 1 aliphatic carbocycles. The summed E-state index contributed by atoms with van der Waals surface area (Å²) in [4.78, 5) is 0. The van der Waals surface area contributed by atoms with Crippen molar-refractivity contribution in [3.05, 3.63) is 11.1 Å². The maximum Gasteiger partial charge on any atom is 0.309 e. The second kappa shape index (κ2) is 4.79. The average Bonchev–Trinajstić information content (AvgIpc) is 2.14. The maximum absolute atomic E-state index is 10.9. The zero-order valence-corrected chi connectivity index (χ0v) is 9.18. The van der Waals surface area contributed by atoms with Crippen molar-refractivity contribution in [1.82, 2.24) is 5.32 Å². The summed E-state index contributed by atoms with van der Waals surface area (Å²) in [5, 5.41) is 2.80. The molecule has 0 spiro atoms. The van der Waals surface area contributed by atoms with Crippen LogP contribution in [0.5, 0.6) is 0 Å². The second-order valence-corrected chi connectivity index (χ2v) is 5.00. The van der Waals surface area contributed by atoms with Crippen LogP contribution in [0.25, 0.3) is 0 Å². The van der Waals surface area contributed by atoms with Gasteiger partial charge in [0.2, 0.25) is 0 Å². The summed E-state index contributed by atoms with van der Waals surface area (Å²) in [5.41, 5.74) is 0. The molecule has 0 aromatic rings. The molecule has 5 heteroatoms. The minimum Gasteiger partial charge on any atom is -0.371 e. The van der Waals surface area contributed by atoms with Crippen molar-refractivity contribution in [1.29, 1.82) is 0 Å². The third-order valence-corrected chi connectivity index (χ3v) is 3.40. The fraction of sp³-hybridized carbons (Fsp3) is 0.778. The molecule has 0 aromatic carbocycles. The first-order valence-electron chi connectivity index (χ1n) is 4.94. The molecule has 0 amide bonds. The predicted molar refractivity (Wildman–Crippen MR) is 55.3 cm³/mol. The van der Waals surface area contributed by atoms with Gasteiger partial charge in [0.25, 0.3) is 0 Å². The summed E-state index contributed by atoms with van der Waals surface area (Å²) in [6.07, 6.45) is 6.82. The topological polar surface area (TPSA) is 66.4 Å². The molecule has 1 rings (SSSR count). The molecule has 0 atom stereocenters. The van der Waals surface area contributed by atoms with E-state index in [0.29, 0.717) is 0 Å².